The third-order valence-corrected chi connectivity index (χ3v) is 2.59. The Morgan fingerprint density at radius 1 is 1.33 bits per heavy atom. The summed E-state index contributed by atoms with van der Waals surface area (Å²) in [5, 5.41) is 0. The molecule has 3 heteroatoms. The van der Waals surface area contributed by atoms with Gasteiger partial charge in [0.15, 0.2) is 11.5 Å². The van der Waals surface area contributed by atoms with Crippen LogP contribution in [-0.2, 0) is 4.79 Å². The molecule has 1 atom stereocenters. The number of ether oxygens (including phenoxy) is 2. The van der Waals surface area contributed by atoms with Crippen molar-refractivity contribution in [2.45, 2.75) is 39.2 Å². The lowest BCUT2D eigenvalue weighted by Crippen LogP contribution is -2.16. The Morgan fingerprint density at radius 2 is 2.00 bits per heavy atom. The zero-order valence-electron chi connectivity index (χ0n) is 11.0. The maximum absolute atomic E-state index is 11.2. The highest BCUT2D eigenvalue weighted by Gasteiger charge is 2.12. The zero-order valence-corrected chi connectivity index (χ0v) is 11.0. The smallest absolute Gasteiger partial charge is 0.335 e. The van der Waals surface area contributed by atoms with Gasteiger partial charge < -0.3 is 9.47 Å². The Morgan fingerprint density at radius 3 is 2.56 bits per heavy atom. The van der Waals surface area contributed by atoms with Crippen molar-refractivity contribution in [3.63, 3.8) is 0 Å². The normalized spacial score (nSPS) is 11.7. The molecule has 18 heavy (non-hydrogen) atoms. The topological polar surface area (TPSA) is 35.5 Å². The first-order chi connectivity index (χ1) is 8.71. The van der Waals surface area contributed by atoms with E-state index in [1.807, 2.05) is 12.1 Å². The summed E-state index contributed by atoms with van der Waals surface area (Å²) >= 11 is 0. The van der Waals surface area contributed by atoms with Crippen molar-refractivity contribution in [1.82, 2.24) is 0 Å². The summed E-state index contributed by atoms with van der Waals surface area (Å²) < 4.78 is 11.0. The predicted octanol–water partition coefficient (Wildman–Crippen LogP) is 3.74. The van der Waals surface area contributed by atoms with E-state index >= 15 is 0 Å². The van der Waals surface area contributed by atoms with E-state index in [1.165, 1.54) is 0 Å². The van der Waals surface area contributed by atoms with Crippen molar-refractivity contribution >= 4 is 5.97 Å². The van der Waals surface area contributed by atoms with Crippen LogP contribution in [0.25, 0.3) is 0 Å². The summed E-state index contributed by atoms with van der Waals surface area (Å²) in [6.45, 7) is 7.58. The van der Waals surface area contributed by atoms with Gasteiger partial charge in [-0.2, -0.15) is 0 Å². The van der Waals surface area contributed by atoms with E-state index in [1.54, 1.807) is 12.1 Å². The van der Waals surface area contributed by atoms with E-state index in [4.69, 9.17) is 9.47 Å². The number of carbonyl (C=O) groups is 1. The molecule has 0 heterocycles. The fourth-order valence-electron chi connectivity index (χ4n) is 1.63. The van der Waals surface area contributed by atoms with Crippen LogP contribution in [0.4, 0.5) is 0 Å². The summed E-state index contributed by atoms with van der Waals surface area (Å²) in [7, 11) is 0. The highest BCUT2D eigenvalue weighted by atomic mass is 16.6. The summed E-state index contributed by atoms with van der Waals surface area (Å²) in [5.41, 5.74) is 0. The maximum Gasteiger partial charge on any atom is 0.335 e. The van der Waals surface area contributed by atoms with Crippen LogP contribution in [0.15, 0.2) is 36.9 Å². The Labute approximate surface area is 108 Å². The highest BCUT2D eigenvalue weighted by molar-refractivity contribution is 5.83. The Hall–Kier alpha value is -1.77. The van der Waals surface area contributed by atoms with Crippen LogP contribution in [0.5, 0.6) is 11.5 Å². The molecular weight excluding hydrogens is 228 g/mol. The number of benzene rings is 1. The molecule has 1 unspecified atom stereocenters. The molecule has 0 fully saturated rings. The molecule has 0 saturated heterocycles. The average Bonchev–Trinajstić information content (AvgIpc) is 2.40. The molecule has 0 amide bonds. The lowest BCUT2D eigenvalue weighted by Gasteiger charge is -2.18. The van der Waals surface area contributed by atoms with Gasteiger partial charge in [-0.1, -0.05) is 39.0 Å². The molecule has 0 bridgehead atoms. The van der Waals surface area contributed by atoms with Gasteiger partial charge in [-0.05, 0) is 25.0 Å². The quantitative estimate of drug-likeness (QED) is 0.419. The molecule has 1 aromatic carbocycles. The van der Waals surface area contributed by atoms with Gasteiger partial charge in [0.2, 0.25) is 0 Å². The third kappa shape index (κ3) is 4.24. The van der Waals surface area contributed by atoms with E-state index in [0.717, 1.165) is 25.3 Å². The van der Waals surface area contributed by atoms with Gasteiger partial charge in [0.25, 0.3) is 0 Å². The summed E-state index contributed by atoms with van der Waals surface area (Å²) in [6, 6.07) is 7.19. The summed E-state index contributed by atoms with van der Waals surface area (Å²) in [6.07, 6.45) is 4.27. The van der Waals surface area contributed by atoms with Crippen LogP contribution < -0.4 is 9.47 Å². The summed E-state index contributed by atoms with van der Waals surface area (Å²) in [4.78, 5) is 11.2. The van der Waals surface area contributed by atoms with Crippen molar-refractivity contribution in [3.8, 4) is 11.5 Å². The van der Waals surface area contributed by atoms with E-state index in [2.05, 4.69) is 20.4 Å². The van der Waals surface area contributed by atoms with Gasteiger partial charge in [-0.25, -0.2) is 4.79 Å². The molecule has 0 aliphatic rings. The number of rotatable bonds is 7. The van der Waals surface area contributed by atoms with Crippen LogP contribution in [0, 0.1) is 0 Å². The third-order valence-electron chi connectivity index (χ3n) is 2.59. The van der Waals surface area contributed by atoms with Gasteiger partial charge in [-0.15, -0.1) is 0 Å². The monoisotopic (exact) mass is 248 g/mol. The minimum absolute atomic E-state index is 0.151. The van der Waals surface area contributed by atoms with Gasteiger partial charge in [0.05, 0.1) is 6.10 Å². The second kappa shape index (κ2) is 7.54. The molecule has 0 saturated carbocycles. The van der Waals surface area contributed by atoms with E-state index in [-0.39, 0.29) is 6.10 Å². The van der Waals surface area contributed by atoms with Crippen molar-refractivity contribution in [3.05, 3.63) is 36.9 Å². The minimum atomic E-state index is -0.477. The lowest BCUT2D eigenvalue weighted by atomic mass is 10.1. The fourth-order valence-corrected chi connectivity index (χ4v) is 1.63. The van der Waals surface area contributed by atoms with Crippen molar-refractivity contribution < 1.29 is 14.3 Å². The molecule has 0 N–H and O–H groups in total. The first-order valence-electron chi connectivity index (χ1n) is 6.31. The van der Waals surface area contributed by atoms with Crippen LogP contribution in [0.3, 0.4) is 0 Å². The molecule has 1 rings (SSSR count). The van der Waals surface area contributed by atoms with Gasteiger partial charge in [0, 0.05) is 6.08 Å². The first-order valence-corrected chi connectivity index (χ1v) is 6.31. The van der Waals surface area contributed by atoms with E-state index in [0.29, 0.717) is 11.5 Å². The van der Waals surface area contributed by atoms with Gasteiger partial charge in [0.1, 0.15) is 0 Å². The van der Waals surface area contributed by atoms with Crippen LogP contribution in [0.1, 0.15) is 33.1 Å². The molecular formula is C15H20O3. The largest absolute Gasteiger partial charge is 0.487 e. The highest BCUT2D eigenvalue weighted by Crippen LogP contribution is 2.28. The number of para-hydroxylation sites is 2. The predicted molar refractivity (Wildman–Crippen MR) is 71.9 cm³/mol. The molecule has 0 aromatic heterocycles. The standard InChI is InChI=1S/C15H20O3/c1-4-9-12(5-2)17-13-10-7-8-11-14(13)18-15(16)6-3/h6-8,10-12H,3-5,9H2,1-2H3. The molecule has 1 aromatic rings. The van der Waals surface area contributed by atoms with E-state index in [9.17, 15) is 4.79 Å². The number of hydrogen-bond acceptors (Lipinski definition) is 3. The number of hydrogen-bond donors (Lipinski definition) is 0. The maximum atomic E-state index is 11.2. The number of carbonyl (C=O) groups excluding carboxylic acids is 1. The molecule has 3 nitrogen and oxygen atoms in total. The van der Waals surface area contributed by atoms with Crippen LogP contribution in [0.2, 0.25) is 0 Å². The molecule has 0 aliphatic carbocycles. The van der Waals surface area contributed by atoms with Gasteiger partial charge >= 0.3 is 5.97 Å². The molecule has 0 aliphatic heterocycles. The van der Waals surface area contributed by atoms with Crippen molar-refractivity contribution in [2.75, 3.05) is 0 Å². The van der Waals surface area contributed by atoms with E-state index < -0.39 is 5.97 Å². The fraction of sp³-hybridized carbons (Fsp3) is 0.400. The zero-order chi connectivity index (χ0) is 13.4. The number of esters is 1. The Bertz CT molecular complexity index is 398. The Balaban J connectivity index is 2.80. The second-order valence-corrected chi connectivity index (χ2v) is 4.01. The molecule has 0 spiro atoms. The van der Waals surface area contributed by atoms with Crippen LogP contribution in [-0.4, -0.2) is 12.1 Å². The SMILES string of the molecule is C=CC(=O)Oc1ccccc1OC(CC)CCC. The lowest BCUT2D eigenvalue weighted by molar-refractivity contribution is -0.129. The second-order valence-electron chi connectivity index (χ2n) is 4.01. The van der Waals surface area contributed by atoms with Crippen molar-refractivity contribution in [1.29, 1.82) is 0 Å². The summed E-state index contributed by atoms with van der Waals surface area (Å²) in [5.74, 6) is 0.569. The van der Waals surface area contributed by atoms with Crippen LogP contribution >= 0.6 is 0 Å². The molecule has 0 radical (unpaired) electrons. The van der Waals surface area contributed by atoms with Crippen molar-refractivity contribution in [2.24, 2.45) is 0 Å². The molecule has 98 valence electrons. The minimum Gasteiger partial charge on any atom is -0.487 e. The van der Waals surface area contributed by atoms with Gasteiger partial charge in [-0.3, -0.25) is 0 Å². The Kier molecular flexibility index (Phi) is 5.98. The average molecular weight is 248 g/mol. The first kappa shape index (κ1) is 14.3.